The molecule has 0 saturated carbocycles. The summed E-state index contributed by atoms with van der Waals surface area (Å²) in [5, 5.41) is 2.43. The van der Waals surface area contributed by atoms with Crippen LogP contribution < -0.4 is 11.1 Å². The van der Waals surface area contributed by atoms with Gasteiger partial charge in [0.1, 0.15) is 0 Å². The first-order valence-corrected chi connectivity index (χ1v) is 6.13. The summed E-state index contributed by atoms with van der Waals surface area (Å²) in [5.74, 6) is -0.598. The molecule has 0 aromatic heterocycles. The van der Waals surface area contributed by atoms with Crippen molar-refractivity contribution in [2.24, 2.45) is 0 Å². The normalized spacial score (nSPS) is 11.3. The Hall–Kier alpha value is -1.37. The molecule has 0 aliphatic rings. The van der Waals surface area contributed by atoms with E-state index < -0.39 is 11.4 Å². The lowest BCUT2D eigenvalue weighted by molar-refractivity contribution is -0.0327. The number of nitrogens with two attached hydrogens (primary N) is 1. The van der Waals surface area contributed by atoms with E-state index in [4.69, 9.17) is 5.73 Å². The zero-order valence-electron chi connectivity index (χ0n) is 9.67. The molecule has 1 amide bonds. The van der Waals surface area contributed by atoms with Gasteiger partial charge in [-0.1, -0.05) is 0 Å². The highest BCUT2D eigenvalue weighted by Crippen LogP contribution is 2.29. The Morgan fingerprint density at radius 1 is 1.44 bits per heavy atom. The zero-order chi connectivity index (χ0) is 13.8. The van der Waals surface area contributed by atoms with E-state index in [-0.39, 0.29) is 24.1 Å². The third kappa shape index (κ3) is 4.87. The molecule has 1 aromatic carbocycles. The molecule has 0 spiro atoms. The Bertz CT molecular complexity index is 435. The van der Waals surface area contributed by atoms with Crippen molar-refractivity contribution in [3.8, 4) is 0 Å². The summed E-state index contributed by atoms with van der Waals surface area (Å²) < 4.78 is 35.5. The van der Waals surface area contributed by atoms with E-state index in [2.05, 4.69) is 5.32 Å². The maximum absolute atomic E-state index is 11.8. The minimum Gasteiger partial charge on any atom is -0.399 e. The SMILES string of the molecule is Cc1cc(N)ccc1C(=O)NCCSC(F)(F)F. The third-order valence-corrected chi connectivity index (χ3v) is 2.88. The summed E-state index contributed by atoms with van der Waals surface area (Å²) >= 11 is -0.157. The fourth-order valence-corrected chi connectivity index (χ4v) is 1.80. The van der Waals surface area contributed by atoms with Crippen molar-refractivity contribution in [3.63, 3.8) is 0 Å². The average Bonchev–Trinajstić information content (AvgIpc) is 2.22. The molecule has 0 fully saturated rings. The first kappa shape index (κ1) is 14.7. The van der Waals surface area contributed by atoms with E-state index in [9.17, 15) is 18.0 Å². The Balaban J connectivity index is 2.46. The number of rotatable bonds is 4. The van der Waals surface area contributed by atoms with Gasteiger partial charge in [-0.2, -0.15) is 13.2 Å². The van der Waals surface area contributed by atoms with E-state index >= 15 is 0 Å². The molecule has 0 atom stereocenters. The standard InChI is InChI=1S/C11H13F3N2OS/c1-7-6-8(15)2-3-9(7)10(17)16-4-5-18-11(12,13)14/h2-3,6H,4-5,15H2,1H3,(H,16,17). The van der Waals surface area contributed by atoms with E-state index in [1.54, 1.807) is 25.1 Å². The minimum atomic E-state index is -4.26. The van der Waals surface area contributed by atoms with Gasteiger partial charge in [0.05, 0.1) is 0 Å². The van der Waals surface area contributed by atoms with Crippen LogP contribution >= 0.6 is 11.8 Å². The largest absolute Gasteiger partial charge is 0.441 e. The molecule has 0 aliphatic heterocycles. The summed E-state index contributed by atoms with van der Waals surface area (Å²) in [6, 6.07) is 4.77. The van der Waals surface area contributed by atoms with Crippen LogP contribution in [0.4, 0.5) is 18.9 Å². The third-order valence-electron chi connectivity index (χ3n) is 2.15. The molecule has 0 radical (unpaired) electrons. The molecule has 18 heavy (non-hydrogen) atoms. The summed E-state index contributed by atoms with van der Waals surface area (Å²) in [4.78, 5) is 11.7. The van der Waals surface area contributed by atoms with Crippen molar-refractivity contribution in [2.75, 3.05) is 18.0 Å². The van der Waals surface area contributed by atoms with Crippen LogP contribution in [0.1, 0.15) is 15.9 Å². The number of carbonyl (C=O) groups is 1. The minimum absolute atomic E-state index is 0.0349. The molecule has 0 unspecified atom stereocenters. The molecule has 1 aromatic rings. The Morgan fingerprint density at radius 3 is 2.67 bits per heavy atom. The monoisotopic (exact) mass is 278 g/mol. The number of nitrogen functional groups attached to an aromatic ring is 1. The van der Waals surface area contributed by atoms with Gasteiger partial charge in [-0.25, -0.2) is 0 Å². The maximum Gasteiger partial charge on any atom is 0.441 e. The number of aryl methyl sites for hydroxylation is 1. The van der Waals surface area contributed by atoms with Crippen molar-refractivity contribution < 1.29 is 18.0 Å². The lowest BCUT2D eigenvalue weighted by Crippen LogP contribution is -2.27. The molecule has 3 nitrogen and oxygen atoms in total. The van der Waals surface area contributed by atoms with Gasteiger partial charge >= 0.3 is 5.51 Å². The zero-order valence-corrected chi connectivity index (χ0v) is 10.5. The Labute approximate surface area is 107 Å². The molecule has 3 N–H and O–H groups in total. The fraction of sp³-hybridized carbons (Fsp3) is 0.364. The second-order valence-electron chi connectivity index (χ2n) is 3.62. The maximum atomic E-state index is 11.8. The highest BCUT2D eigenvalue weighted by molar-refractivity contribution is 8.00. The number of halogens is 3. The van der Waals surface area contributed by atoms with E-state index in [1.165, 1.54) is 0 Å². The molecular formula is C11H13F3N2OS. The first-order valence-electron chi connectivity index (χ1n) is 5.14. The number of benzene rings is 1. The number of amides is 1. The van der Waals surface area contributed by atoms with Gasteiger partial charge < -0.3 is 11.1 Å². The van der Waals surface area contributed by atoms with Gasteiger partial charge in [-0.15, -0.1) is 0 Å². The topological polar surface area (TPSA) is 55.1 Å². The summed E-state index contributed by atoms with van der Waals surface area (Å²) in [5.41, 5.74) is 2.92. The number of alkyl halides is 3. The smallest absolute Gasteiger partial charge is 0.399 e. The highest BCUT2D eigenvalue weighted by Gasteiger charge is 2.27. The lowest BCUT2D eigenvalue weighted by atomic mass is 10.1. The van der Waals surface area contributed by atoms with Gasteiger partial charge in [-0.3, -0.25) is 4.79 Å². The van der Waals surface area contributed by atoms with Crippen LogP contribution in [0.5, 0.6) is 0 Å². The van der Waals surface area contributed by atoms with Crippen LogP contribution in [-0.4, -0.2) is 23.7 Å². The highest BCUT2D eigenvalue weighted by atomic mass is 32.2. The second-order valence-corrected chi connectivity index (χ2v) is 4.78. The van der Waals surface area contributed by atoms with Gasteiger partial charge in [0.25, 0.3) is 5.91 Å². The second kappa shape index (κ2) is 5.99. The van der Waals surface area contributed by atoms with Gasteiger partial charge in [0.15, 0.2) is 0 Å². The number of thioether (sulfide) groups is 1. The number of carbonyl (C=O) groups excluding carboxylic acids is 1. The summed E-state index contributed by atoms with van der Waals surface area (Å²) in [7, 11) is 0. The molecular weight excluding hydrogens is 265 g/mol. The average molecular weight is 278 g/mol. The van der Waals surface area contributed by atoms with E-state index in [0.717, 1.165) is 0 Å². The number of hydrogen-bond acceptors (Lipinski definition) is 3. The quantitative estimate of drug-likeness (QED) is 0.657. The van der Waals surface area contributed by atoms with Crippen molar-refractivity contribution in [3.05, 3.63) is 29.3 Å². The van der Waals surface area contributed by atoms with E-state index in [1.807, 2.05) is 0 Å². The summed E-state index contributed by atoms with van der Waals surface area (Å²) in [6.07, 6.45) is 0. The Kier molecular flexibility index (Phi) is 4.89. The van der Waals surface area contributed by atoms with Crippen molar-refractivity contribution in [1.82, 2.24) is 5.32 Å². The van der Waals surface area contributed by atoms with Crippen LogP contribution in [-0.2, 0) is 0 Å². The van der Waals surface area contributed by atoms with Crippen LogP contribution in [0.2, 0.25) is 0 Å². The molecule has 7 heteroatoms. The first-order chi connectivity index (χ1) is 8.29. The summed E-state index contributed by atoms with van der Waals surface area (Å²) in [6.45, 7) is 1.68. The van der Waals surface area contributed by atoms with Crippen LogP contribution in [0.25, 0.3) is 0 Å². The number of hydrogen-bond donors (Lipinski definition) is 2. The molecule has 0 saturated heterocycles. The predicted octanol–water partition coefficient (Wildman–Crippen LogP) is 2.56. The Morgan fingerprint density at radius 2 is 2.11 bits per heavy atom. The predicted molar refractivity (Wildman–Crippen MR) is 66.4 cm³/mol. The number of nitrogens with one attached hydrogen (secondary N) is 1. The molecule has 0 aliphatic carbocycles. The van der Waals surface area contributed by atoms with Crippen LogP contribution in [0, 0.1) is 6.92 Å². The van der Waals surface area contributed by atoms with Crippen molar-refractivity contribution in [1.29, 1.82) is 0 Å². The van der Waals surface area contributed by atoms with Gasteiger partial charge in [0.2, 0.25) is 0 Å². The van der Waals surface area contributed by atoms with E-state index in [0.29, 0.717) is 16.8 Å². The number of anilines is 1. The van der Waals surface area contributed by atoms with Gasteiger partial charge in [0, 0.05) is 23.5 Å². The van der Waals surface area contributed by atoms with Crippen molar-refractivity contribution in [2.45, 2.75) is 12.4 Å². The molecule has 1 rings (SSSR count). The van der Waals surface area contributed by atoms with Crippen molar-refractivity contribution >= 4 is 23.4 Å². The van der Waals surface area contributed by atoms with Gasteiger partial charge in [-0.05, 0) is 42.4 Å². The molecule has 0 heterocycles. The molecule has 0 bridgehead atoms. The van der Waals surface area contributed by atoms with Crippen LogP contribution in [0.3, 0.4) is 0 Å². The lowest BCUT2D eigenvalue weighted by Gasteiger charge is -2.09. The van der Waals surface area contributed by atoms with Crippen LogP contribution in [0.15, 0.2) is 18.2 Å². The molecule has 100 valence electrons. The fourth-order valence-electron chi connectivity index (χ4n) is 1.37.